The number of terminal acetylenes is 1. The van der Waals surface area contributed by atoms with E-state index >= 15 is 0 Å². The van der Waals surface area contributed by atoms with Crippen LogP contribution in [0.5, 0.6) is 0 Å². The highest BCUT2D eigenvalue weighted by atomic mass is 19.4. The molecule has 108 valence electrons. The fraction of sp³-hybridized carbons (Fsp3) is 0.636. The van der Waals surface area contributed by atoms with Crippen molar-refractivity contribution in [2.75, 3.05) is 7.11 Å². The first kappa shape index (κ1) is 17.1. The monoisotopic (exact) mass is 281 g/mol. The second-order valence-corrected chi connectivity index (χ2v) is 4.51. The van der Waals surface area contributed by atoms with Gasteiger partial charge in [-0.3, -0.25) is 5.32 Å². The first-order valence-corrected chi connectivity index (χ1v) is 5.03. The van der Waals surface area contributed by atoms with Crippen LogP contribution < -0.4 is 5.32 Å². The molecule has 19 heavy (non-hydrogen) atoms. The average molecular weight is 281 g/mol. The van der Waals surface area contributed by atoms with Gasteiger partial charge in [-0.2, -0.15) is 13.2 Å². The van der Waals surface area contributed by atoms with Crippen molar-refractivity contribution in [3.05, 3.63) is 0 Å². The molecule has 0 heterocycles. The number of alkyl halides is 3. The summed E-state index contributed by atoms with van der Waals surface area (Å²) in [6.45, 7) is 4.32. The van der Waals surface area contributed by atoms with Crippen molar-refractivity contribution in [1.82, 2.24) is 5.32 Å². The van der Waals surface area contributed by atoms with Crippen molar-refractivity contribution in [2.45, 2.75) is 38.1 Å². The second kappa shape index (κ2) is 5.38. The predicted octanol–water partition coefficient (Wildman–Crippen LogP) is 1.62. The largest absolute Gasteiger partial charge is 0.466 e. The fourth-order valence-electron chi connectivity index (χ4n) is 1.02. The van der Waals surface area contributed by atoms with Gasteiger partial charge in [0.15, 0.2) is 0 Å². The van der Waals surface area contributed by atoms with E-state index in [0.717, 1.165) is 7.11 Å². The number of rotatable bonds is 2. The Labute approximate surface area is 108 Å². The molecule has 5 nitrogen and oxygen atoms in total. The van der Waals surface area contributed by atoms with E-state index in [1.54, 1.807) is 0 Å². The molecule has 0 radical (unpaired) electrons. The smallest absolute Gasteiger partial charge is 0.434 e. The summed E-state index contributed by atoms with van der Waals surface area (Å²) in [5, 5.41) is 1.33. The van der Waals surface area contributed by atoms with Crippen LogP contribution in [0.15, 0.2) is 0 Å². The number of alkyl carbamates (subject to hydrolysis) is 1. The maximum atomic E-state index is 12.9. The van der Waals surface area contributed by atoms with E-state index in [1.165, 1.54) is 32.0 Å². The lowest BCUT2D eigenvalue weighted by atomic mass is 10.0. The molecule has 0 aromatic carbocycles. The van der Waals surface area contributed by atoms with Crippen LogP contribution in [-0.4, -0.2) is 36.5 Å². The van der Waals surface area contributed by atoms with Gasteiger partial charge in [-0.15, -0.1) is 6.42 Å². The van der Waals surface area contributed by atoms with Crippen LogP contribution in [0, 0.1) is 12.3 Å². The van der Waals surface area contributed by atoms with Crippen LogP contribution in [0.2, 0.25) is 0 Å². The zero-order chi connectivity index (χ0) is 15.5. The molecule has 8 heteroatoms. The lowest BCUT2D eigenvalue weighted by Gasteiger charge is -2.30. The average Bonchev–Trinajstić information content (AvgIpc) is 2.20. The van der Waals surface area contributed by atoms with Gasteiger partial charge in [0.2, 0.25) is 0 Å². The van der Waals surface area contributed by atoms with E-state index in [1.807, 2.05) is 0 Å². The number of hydrogen-bond donors (Lipinski definition) is 1. The zero-order valence-electron chi connectivity index (χ0n) is 10.8. The quantitative estimate of drug-likeness (QED) is 0.617. The van der Waals surface area contributed by atoms with E-state index in [2.05, 4.69) is 9.47 Å². The Bertz CT molecular complexity index is 406. The molecule has 1 atom stereocenters. The molecule has 0 spiro atoms. The third-order valence-electron chi connectivity index (χ3n) is 1.82. The number of esters is 1. The first-order chi connectivity index (χ1) is 8.39. The number of methoxy groups -OCH3 is 1. The summed E-state index contributed by atoms with van der Waals surface area (Å²) in [4.78, 5) is 22.6. The Morgan fingerprint density at radius 3 is 1.95 bits per heavy atom. The summed E-state index contributed by atoms with van der Waals surface area (Å²) < 4.78 is 47.3. The molecule has 0 aromatic heterocycles. The Morgan fingerprint density at radius 1 is 1.21 bits per heavy atom. The Morgan fingerprint density at radius 2 is 1.68 bits per heavy atom. The van der Waals surface area contributed by atoms with Crippen LogP contribution >= 0.6 is 0 Å². The molecule has 0 saturated carbocycles. The molecule has 0 aliphatic heterocycles. The number of carbonyl (C=O) groups excluding carboxylic acids is 2. The minimum absolute atomic E-state index is 0.719. The molecule has 0 aromatic rings. The van der Waals surface area contributed by atoms with Crippen molar-refractivity contribution in [3.63, 3.8) is 0 Å². The van der Waals surface area contributed by atoms with Crippen molar-refractivity contribution in [3.8, 4) is 12.3 Å². The topological polar surface area (TPSA) is 64.6 Å². The summed E-state index contributed by atoms with van der Waals surface area (Å²) in [6, 6.07) is 0. The molecule has 0 bridgehead atoms. The van der Waals surface area contributed by atoms with Crippen molar-refractivity contribution in [2.24, 2.45) is 0 Å². The van der Waals surface area contributed by atoms with Crippen LogP contribution in [-0.2, 0) is 14.3 Å². The summed E-state index contributed by atoms with van der Waals surface area (Å²) in [5.41, 5.74) is -4.63. The number of amides is 1. The molecule has 1 N–H and O–H groups in total. The molecular formula is C11H14F3NO4. The molecule has 0 aliphatic rings. The highest BCUT2D eigenvalue weighted by molar-refractivity contribution is 5.90. The second-order valence-electron chi connectivity index (χ2n) is 4.51. The lowest BCUT2D eigenvalue weighted by Crippen LogP contribution is -2.64. The molecule has 0 aliphatic carbocycles. The normalized spacial score (nSPS) is 14.8. The van der Waals surface area contributed by atoms with Crippen LogP contribution in [0.1, 0.15) is 20.8 Å². The standard InChI is InChI=1S/C11H14F3NO4/c1-6-10(7(16)18-5,11(12,13)14)15-8(17)19-9(2,3)4/h1H,2-5H3,(H,15,17). The van der Waals surface area contributed by atoms with Crippen molar-refractivity contribution >= 4 is 12.1 Å². The van der Waals surface area contributed by atoms with E-state index in [4.69, 9.17) is 6.42 Å². The highest BCUT2D eigenvalue weighted by Gasteiger charge is 2.62. The maximum absolute atomic E-state index is 12.9. The first-order valence-electron chi connectivity index (χ1n) is 5.03. The van der Waals surface area contributed by atoms with Crippen molar-refractivity contribution in [1.29, 1.82) is 0 Å². The molecule has 1 unspecified atom stereocenters. The summed E-state index contributed by atoms with van der Waals surface area (Å²) >= 11 is 0. The highest BCUT2D eigenvalue weighted by Crippen LogP contribution is 2.31. The molecule has 0 rings (SSSR count). The summed E-state index contributed by atoms with van der Waals surface area (Å²) in [6.07, 6.45) is -1.97. The SMILES string of the molecule is C#CC(NC(=O)OC(C)(C)C)(C(=O)OC)C(F)(F)F. The number of nitrogens with one attached hydrogen (secondary N) is 1. The number of halogens is 3. The Balaban J connectivity index is 5.38. The van der Waals surface area contributed by atoms with Gasteiger partial charge in [-0.05, 0) is 20.8 Å². The molecular weight excluding hydrogens is 267 g/mol. The third-order valence-corrected chi connectivity index (χ3v) is 1.82. The summed E-state index contributed by atoms with van der Waals surface area (Å²) in [5.74, 6) is -0.614. The summed E-state index contributed by atoms with van der Waals surface area (Å²) in [7, 11) is 0.719. The Kier molecular flexibility index (Phi) is 4.84. The van der Waals surface area contributed by atoms with E-state index in [-0.39, 0.29) is 0 Å². The van der Waals surface area contributed by atoms with E-state index in [0.29, 0.717) is 0 Å². The minimum Gasteiger partial charge on any atom is -0.466 e. The van der Waals surface area contributed by atoms with Crippen LogP contribution in [0.4, 0.5) is 18.0 Å². The van der Waals surface area contributed by atoms with Gasteiger partial charge in [-0.25, -0.2) is 9.59 Å². The molecule has 0 saturated heterocycles. The Hall–Kier alpha value is -1.91. The van der Waals surface area contributed by atoms with Gasteiger partial charge < -0.3 is 9.47 Å². The van der Waals surface area contributed by atoms with Gasteiger partial charge in [0.25, 0.3) is 5.54 Å². The molecule has 0 fully saturated rings. The van der Waals surface area contributed by atoms with Crippen molar-refractivity contribution < 1.29 is 32.2 Å². The fourth-order valence-corrected chi connectivity index (χ4v) is 1.02. The van der Waals surface area contributed by atoms with Gasteiger partial charge in [-0.1, -0.05) is 5.92 Å². The van der Waals surface area contributed by atoms with Gasteiger partial charge in [0, 0.05) is 0 Å². The third kappa shape index (κ3) is 4.05. The van der Waals surface area contributed by atoms with E-state index < -0.39 is 29.4 Å². The van der Waals surface area contributed by atoms with Crippen LogP contribution in [0.3, 0.4) is 0 Å². The van der Waals surface area contributed by atoms with E-state index in [9.17, 15) is 22.8 Å². The van der Waals surface area contributed by atoms with Gasteiger partial charge in [0.05, 0.1) is 7.11 Å². The van der Waals surface area contributed by atoms with Gasteiger partial charge >= 0.3 is 18.2 Å². The lowest BCUT2D eigenvalue weighted by molar-refractivity contribution is -0.197. The zero-order valence-corrected chi connectivity index (χ0v) is 10.8. The maximum Gasteiger partial charge on any atom is 0.434 e. The molecule has 1 amide bonds. The number of hydrogen-bond acceptors (Lipinski definition) is 4. The predicted molar refractivity (Wildman–Crippen MR) is 59.0 cm³/mol. The minimum atomic E-state index is -5.23. The number of carbonyl (C=O) groups is 2. The van der Waals surface area contributed by atoms with Crippen LogP contribution in [0.25, 0.3) is 0 Å². The van der Waals surface area contributed by atoms with Gasteiger partial charge in [0.1, 0.15) is 5.60 Å². The number of ether oxygens (including phenoxy) is 2.